The van der Waals surface area contributed by atoms with Crippen molar-refractivity contribution in [3.63, 3.8) is 0 Å². The third-order valence-electron chi connectivity index (χ3n) is 5.12. The number of primary amides is 1. The second-order valence-corrected chi connectivity index (χ2v) is 9.82. The number of aryl methyl sites for hydroxylation is 2. The van der Waals surface area contributed by atoms with E-state index in [0.717, 1.165) is 35.3 Å². The maximum Gasteiger partial charge on any atom is 0.408 e. The maximum absolute atomic E-state index is 13.7. The molecule has 4 amide bonds. The Morgan fingerprint density at radius 2 is 1.72 bits per heavy atom. The van der Waals surface area contributed by atoms with E-state index in [0.29, 0.717) is 12.1 Å². The van der Waals surface area contributed by atoms with E-state index in [4.69, 9.17) is 10.5 Å². The van der Waals surface area contributed by atoms with Crippen LogP contribution in [-0.4, -0.2) is 53.4 Å². The molecule has 0 radical (unpaired) electrons. The number of nitrogens with two attached hydrogens (primary N) is 1. The van der Waals surface area contributed by atoms with Gasteiger partial charge in [-0.2, -0.15) is 5.26 Å². The van der Waals surface area contributed by atoms with Gasteiger partial charge in [0.05, 0.1) is 12.5 Å². The fourth-order valence-corrected chi connectivity index (χ4v) is 3.75. The molecular weight excluding hydrogens is 462 g/mol. The third kappa shape index (κ3) is 10.3. The first-order valence-corrected chi connectivity index (χ1v) is 12.1. The predicted molar refractivity (Wildman–Crippen MR) is 135 cm³/mol. The monoisotopic (exact) mass is 501 g/mol. The van der Waals surface area contributed by atoms with Crippen molar-refractivity contribution in [3.05, 3.63) is 34.9 Å². The smallest absolute Gasteiger partial charge is 0.408 e. The first-order valence-electron chi connectivity index (χ1n) is 12.1. The number of carbonyl (C=O) groups is 4. The molecule has 198 valence electrons. The number of nitriles is 1. The van der Waals surface area contributed by atoms with Crippen LogP contribution in [-0.2, 0) is 19.1 Å². The zero-order valence-electron chi connectivity index (χ0n) is 22.1. The summed E-state index contributed by atoms with van der Waals surface area (Å²) in [6, 6.07) is 4.81. The molecule has 2 atom stereocenters. The lowest BCUT2D eigenvalue weighted by Gasteiger charge is -2.33. The molecule has 0 saturated heterocycles. The van der Waals surface area contributed by atoms with Crippen molar-refractivity contribution < 1.29 is 23.9 Å². The Bertz CT molecular complexity index is 960. The number of carbonyl (C=O) groups excluding carboxylic acids is 4. The second-order valence-electron chi connectivity index (χ2n) is 9.82. The minimum atomic E-state index is -1.42. The molecule has 4 N–H and O–H groups in total. The van der Waals surface area contributed by atoms with Crippen LogP contribution < -0.4 is 16.4 Å². The Morgan fingerprint density at radius 1 is 1.11 bits per heavy atom. The second kappa shape index (κ2) is 14.1. The van der Waals surface area contributed by atoms with Crippen molar-refractivity contribution in [1.29, 1.82) is 5.26 Å². The Morgan fingerprint density at radius 3 is 2.22 bits per heavy atom. The summed E-state index contributed by atoms with van der Waals surface area (Å²) in [5.74, 6) is -2.10. The summed E-state index contributed by atoms with van der Waals surface area (Å²) in [5, 5.41) is 14.8. The third-order valence-corrected chi connectivity index (χ3v) is 5.12. The van der Waals surface area contributed by atoms with Gasteiger partial charge >= 0.3 is 6.09 Å². The van der Waals surface area contributed by atoms with Crippen molar-refractivity contribution in [2.45, 2.75) is 84.9 Å². The largest absolute Gasteiger partial charge is 0.444 e. The highest BCUT2D eigenvalue weighted by Gasteiger charge is 2.37. The quantitative estimate of drug-likeness (QED) is 0.295. The zero-order valence-corrected chi connectivity index (χ0v) is 22.1. The van der Waals surface area contributed by atoms with Gasteiger partial charge in [-0.05, 0) is 46.6 Å². The Labute approximate surface area is 213 Å². The Balaban J connectivity index is 3.44. The number of rotatable bonds is 12. The van der Waals surface area contributed by atoms with Gasteiger partial charge in [0.25, 0.3) is 0 Å². The molecular formula is C26H39N5O5. The molecule has 0 bridgehead atoms. The molecule has 1 aromatic carbocycles. The van der Waals surface area contributed by atoms with Crippen molar-refractivity contribution >= 4 is 23.8 Å². The van der Waals surface area contributed by atoms with Gasteiger partial charge in [-0.25, -0.2) is 4.79 Å². The molecule has 0 aromatic heterocycles. The number of alkyl carbamates (subject to hydrolysis) is 1. The number of nitrogens with one attached hydrogen (secondary N) is 2. The Hall–Kier alpha value is -3.61. The summed E-state index contributed by atoms with van der Waals surface area (Å²) in [4.78, 5) is 52.2. The van der Waals surface area contributed by atoms with Crippen LogP contribution in [0.1, 0.15) is 76.1 Å². The number of hydrogen-bond donors (Lipinski definition) is 3. The maximum atomic E-state index is 13.7. The SMILES string of the molecule is CCCCCNC(=O)C(c1cc(C)cc(C)c1)N(CC#N)C(=O)C(CC(N)=O)NC(=O)OC(C)(C)C. The minimum Gasteiger partial charge on any atom is -0.444 e. The predicted octanol–water partition coefficient (Wildman–Crippen LogP) is 2.77. The van der Waals surface area contributed by atoms with Crippen LogP contribution >= 0.6 is 0 Å². The van der Waals surface area contributed by atoms with Gasteiger partial charge in [-0.1, -0.05) is 49.1 Å². The van der Waals surface area contributed by atoms with E-state index in [1.165, 1.54) is 0 Å². The highest BCUT2D eigenvalue weighted by Crippen LogP contribution is 2.25. The highest BCUT2D eigenvalue weighted by molar-refractivity contribution is 5.94. The summed E-state index contributed by atoms with van der Waals surface area (Å²) in [7, 11) is 0. The van der Waals surface area contributed by atoms with E-state index >= 15 is 0 Å². The molecule has 36 heavy (non-hydrogen) atoms. The van der Waals surface area contributed by atoms with Crippen LogP contribution in [0.15, 0.2) is 18.2 Å². The van der Waals surface area contributed by atoms with Crippen LogP contribution in [0.2, 0.25) is 0 Å². The van der Waals surface area contributed by atoms with Gasteiger partial charge in [0.2, 0.25) is 17.7 Å². The number of benzene rings is 1. The number of unbranched alkanes of at least 4 members (excludes halogenated alkanes) is 2. The van der Waals surface area contributed by atoms with Gasteiger partial charge in [0, 0.05) is 6.54 Å². The van der Waals surface area contributed by atoms with Crippen LogP contribution in [0.25, 0.3) is 0 Å². The first kappa shape index (κ1) is 30.4. The highest BCUT2D eigenvalue weighted by atomic mass is 16.6. The van der Waals surface area contributed by atoms with Gasteiger partial charge in [0.15, 0.2) is 0 Å². The van der Waals surface area contributed by atoms with Crippen LogP contribution in [0, 0.1) is 25.2 Å². The molecule has 0 spiro atoms. The van der Waals surface area contributed by atoms with Gasteiger partial charge in [0.1, 0.15) is 24.2 Å². The van der Waals surface area contributed by atoms with Crippen molar-refractivity contribution in [1.82, 2.24) is 15.5 Å². The molecule has 0 aliphatic heterocycles. The molecule has 0 heterocycles. The molecule has 0 aliphatic rings. The number of hydrogen-bond acceptors (Lipinski definition) is 6. The molecule has 0 saturated carbocycles. The lowest BCUT2D eigenvalue weighted by Crippen LogP contribution is -2.54. The normalized spacial score (nSPS) is 12.6. The zero-order chi connectivity index (χ0) is 27.5. The Kier molecular flexibility index (Phi) is 11.9. The van der Waals surface area contributed by atoms with E-state index in [1.54, 1.807) is 32.9 Å². The average molecular weight is 502 g/mol. The van der Waals surface area contributed by atoms with Gasteiger partial charge in [-0.3, -0.25) is 14.4 Å². The fraction of sp³-hybridized carbons (Fsp3) is 0.577. The molecule has 10 nitrogen and oxygen atoms in total. The molecule has 0 fully saturated rings. The van der Waals surface area contributed by atoms with Crippen molar-refractivity contribution in [3.8, 4) is 6.07 Å². The van der Waals surface area contributed by atoms with Crippen LogP contribution in [0.4, 0.5) is 4.79 Å². The summed E-state index contributed by atoms with van der Waals surface area (Å²) in [5.41, 5.74) is 6.75. The lowest BCUT2D eigenvalue weighted by atomic mass is 9.98. The number of amides is 4. The van der Waals surface area contributed by atoms with Gasteiger partial charge in [-0.15, -0.1) is 0 Å². The molecule has 1 aromatic rings. The fourth-order valence-electron chi connectivity index (χ4n) is 3.75. The summed E-state index contributed by atoms with van der Waals surface area (Å²) >= 11 is 0. The standard InChI is InChI=1S/C26H39N5O5/c1-7-8-9-11-29-23(33)22(19-14-17(2)13-18(3)15-19)31(12-10-27)24(34)20(16-21(28)32)30-25(35)36-26(4,5)6/h13-15,20,22H,7-9,11-12,16H2,1-6H3,(H2,28,32)(H,29,33)(H,30,35). The first-order chi connectivity index (χ1) is 16.8. The minimum absolute atomic E-state index is 0.406. The van der Waals surface area contributed by atoms with Gasteiger partial charge < -0.3 is 26.0 Å². The summed E-state index contributed by atoms with van der Waals surface area (Å²) in [6.45, 7) is 10.7. The molecule has 10 heteroatoms. The lowest BCUT2D eigenvalue weighted by molar-refractivity contribution is -0.142. The molecule has 0 aliphatic carbocycles. The van der Waals surface area contributed by atoms with Crippen molar-refractivity contribution in [2.24, 2.45) is 5.73 Å². The van der Waals surface area contributed by atoms with E-state index in [2.05, 4.69) is 10.6 Å². The van der Waals surface area contributed by atoms with E-state index in [1.807, 2.05) is 32.9 Å². The molecule has 1 rings (SSSR count). The van der Waals surface area contributed by atoms with Crippen LogP contribution in [0.5, 0.6) is 0 Å². The van der Waals surface area contributed by atoms with E-state index in [-0.39, 0.29) is 0 Å². The summed E-state index contributed by atoms with van der Waals surface area (Å²) < 4.78 is 5.22. The number of nitrogens with zero attached hydrogens (tertiary/aromatic N) is 2. The van der Waals surface area contributed by atoms with E-state index < -0.39 is 54.5 Å². The average Bonchev–Trinajstić information content (AvgIpc) is 2.73. The summed E-state index contributed by atoms with van der Waals surface area (Å²) in [6.07, 6.45) is 1.21. The topological polar surface area (TPSA) is 155 Å². The van der Waals surface area contributed by atoms with E-state index in [9.17, 15) is 24.4 Å². The van der Waals surface area contributed by atoms with Crippen LogP contribution in [0.3, 0.4) is 0 Å². The molecule has 2 unspecified atom stereocenters. The number of ether oxygens (including phenoxy) is 1. The van der Waals surface area contributed by atoms with Crippen molar-refractivity contribution in [2.75, 3.05) is 13.1 Å².